The number of fused-ring (bicyclic) bond motifs is 1. The van der Waals surface area contributed by atoms with Crippen molar-refractivity contribution >= 4 is 44.2 Å². The third-order valence-corrected chi connectivity index (χ3v) is 5.91. The molecule has 1 N–H and O–H groups in total. The molecule has 4 nitrogen and oxygen atoms in total. The van der Waals surface area contributed by atoms with E-state index in [-0.39, 0.29) is 11.8 Å². The zero-order valence-electron chi connectivity index (χ0n) is 13.8. The van der Waals surface area contributed by atoms with Gasteiger partial charge < -0.3 is 10.2 Å². The molecule has 4 rings (SSSR count). The number of hydrogen-bond donors (Lipinski definition) is 1. The average Bonchev–Trinajstić information content (AvgIpc) is 2.95. The molecule has 3 aromatic rings. The lowest BCUT2D eigenvalue weighted by atomic mass is 10.00. The number of carbonyl (C=O) groups is 1. The van der Waals surface area contributed by atoms with E-state index in [1.165, 1.54) is 10.3 Å². The van der Waals surface area contributed by atoms with Crippen LogP contribution in [0, 0.1) is 12.8 Å². The molecule has 2 aromatic carbocycles. The van der Waals surface area contributed by atoms with Crippen LogP contribution >= 0.6 is 22.9 Å². The van der Waals surface area contributed by atoms with E-state index in [1.54, 1.807) is 11.3 Å². The predicted octanol–water partition coefficient (Wildman–Crippen LogP) is 4.01. The van der Waals surface area contributed by atoms with E-state index in [9.17, 15) is 4.79 Å². The quantitative estimate of drug-likeness (QED) is 0.753. The Morgan fingerprint density at radius 3 is 2.92 bits per heavy atom. The van der Waals surface area contributed by atoms with Gasteiger partial charge in [0.05, 0.1) is 16.1 Å². The standard InChI is InChI=1S/C19H18ClN3OS/c1-12-6-7-16-17(8-12)25-19(22-16)23-10-14(11-23)18(24)21-9-13-4-2-3-5-15(13)20/h2-8,14H,9-11H2,1H3,(H,21,24). The van der Waals surface area contributed by atoms with E-state index in [2.05, 4.69) is 40.3 Å². The summed E-state index contributed by atoms with van der Waals surface area (Å²) in [6, 6.07) is 13.9. The smallest absolute Gasteiger partial charge is 0.226 e. The van der Waals surface area contributed by atoms with E-state index < -0.39 is 0 Å². The first-order chi connectivity index (χ1) is 12.1. The van der Waals surface area contributed by atoms with Gasteiger partial charge in [-0.15, -0.1) is 0 Å². The van der Waals surface area contributed by atoms with Crippen LogP contribution in [-0.4, -0.2) is 24.0 Å². The maximum absolute atomic E-state index is 12.3. The van der Waals surface area contributed by atoms with Gasteiger partial charge in [-0.3, -0.25) is 4.79 Å². The summed E-state index contributed by atoms with van der Waals surface area (Å²) in [6.07, 6.45) is 0. The fourth-order valence-electron chi connectivity index (χ4n) is 2.92. The number of carbonyl (C=O) groups excluding carboxylic acids is 1. The summed E-state index contributed by atoms with van der Waals surface area (Å²) in [7, 11) is 0. The molecule has 0 aliphatic carbocycles. The molecule has 128 valence electrons. The number of aromatic nitrogens is 1. The maximum Gasteiger partial charge on any atom is 0.226 e. The van der Waals surface area contributed by atoms with Gasteiger partial charge in [-0.2, -0.15) is 0 Å². The van der Waals surface area contributed by atoms with Crippen LogP contribution in [-0.2, 0) is 11.3 Å². The van der Waals surface area contributed by atoms with Crippen LogP contribution in [0.4, 0.5) is 5.13 Å². The first-order valence-corrected chi connectivity index (χ1v) is 9.43. The molecule has 0 radical (unpaired) electrons. The Labute approximate surface area is 155 Å². The molecular weight excluding hydrogens is 354 g/mol. The fraction of sp³-hybridized carbons (Fsp3) is 0.263. The van der Waals surface area contributed by atoms with Crippen LogP contribution in [0.25, 0.3) is 10.2 Å². The SMILES string of the molecule is Cc1ccc2nc(N3CC(C(=O)NCc4ccccc4Cl)C3)sc2c1. The molecule has 1 aromatic heterocycles. The van der Waals surface area contributed by atoms with Gasteiger partial charge >= 0.3 is 0 Å². The first-order valence-electron chi connectivity index (χ1n) is 8.23. The summed E-state index contributed by atoms with van der Waals surface area (Å²) in [5.74, 6) is 0.0874. The van der Waals surface area contributed by atoms with Gasteiger partial charge in [-0.1, -0.05) is 47.2 Å². The van der Waals surface area contributed by atoms with Crippen LogP contribution < -0.4 is 10.2 Å². The van der Waals surface area contributed by atoms with Gasteiger partial charge in [-0.25, -0.2) is 4.98 Å². The van der Waals surface area contributed by atoms with E-state index in [0.717, 1.165) is 16.2 Å². The van der Waals surface area contributed by atoms with Crippen LogP contribution in [0.15, 0.2) is 42.5 Å². The van der Waals surface area contributed by atoms with Gasteiger partial charge in [0.2, 0.25) is 5.91 Å². The van der Waals surface area contributed by atoms with Crippen LogP contribution in [0.1, 0.15) is 11.1 Å². The maximum atomic E-state index is 12.3. The summed E-state index contributed by atoms with van der Waals surface area (Å²) in [4.78, 5) is 19.1. The van der Waals surface area contributed by atoms with Crippen LogP contribution in [0.2, 0.25) is 5.02 Å². The number of nitrogens with zero attached hydrogens (tertiary/aromatic N) is 2. The lowest BCUT2D eigenvalue weighted by molar-refractivity contribution is -0.125. The highest BCUT2D eigenvalue weighted by molar-refractivity contribution is 7.22. The molecule has 1 saturated heterocycles. The zero-order valence-corrected chi connectivity index (χ0v) is 15.4. The Balaban J connectivity index is 1.34. The highest BCUT2D eigenvalue weighted by Crippen LogP contribution is 2.33. The van der Waals surface area contributed by atoms with Crippen LogP contribution in [0.5, 0.6) is 0 Å². The molecule has 0 spiro atoms. The third kappa shape index (κ3) is 3.34. The molecule has 0 atom stereocenters. The molecule has 25 heavy (non-hydrogen) atoms. The predicted molar refractivity (Wildman–Crippen MR) is 103 cm³/mol. The molecule has 1 fully saturated rings. The normalized spacial score (nSPS) is 14.6. The topological polar surface area (TPSA) is 45.2 Å². The van der Waals surface area contributed by atoms with Gasteiger partial charge in [0.25, 0.3) is 0 Å². The number of hydrogen-bond acceptors (Lipinski definition) is 4. The molecule has 1 aliphatic rings. The Morgan fingerprint density at radius 2 is 2.12 bits per heavy atom. The molecule has 0 bridgehead atoms. The average molecular weight is 372 g/mol. The van der Waals surface area contributed by atoms with Crippen molar-refractivity contribution in [3.63, 3.8) is 0 Å². The first kappa shape index (κ1) is 16.4. The van der Waals surface area contributed by atoms with Crippen molar-refractivity contribution in [3.8, 4) is 0 Å². The van der Waals surface area contributed by atoms with Crippen molar-refractivity contribution in [2.24, 2.45) is 5.92 Å². The minimum absolute atomic E-state index is 0.0104. The number of amides is 1. The number of rotatable bonds is 4. The van der Waals surface area contributed by atoms with E-state index in [1.807, 2.05) is 24.3 Å². The summed E-state index contributed by atoms with van der Waals surface area (Å²) in [5, 5.41) is 4.66. The Morgan fingerprint density at radius 1 is 1.32 bits per heavy atom. The second kappa shape index (κ2) is 6.65. The third-order valence-electron chi connectivity index (χ3n) is 4.47. The monoisotopic (exact) mass is 371 g/mol. The van der Waals surface area contributed by atoms with E-state index in [0.29, 0.717) is 24.7 Å². The molecule has 6 heteroatoms. The number of anilines is 1. The van der Waals surface area contributed by atoms with Gasteiger partial charge in [0.1, 0.15) is 0 Å². The highest BCUT2D eigenvalue weighted by atomic mass is 35.5. The minimum atomic E-state index is 0.0104. The van der Waals surface area contributed by atoms with Crippen molar-refractivity contribution in [1.29, 1.82) is 0 Å². The second-order valence-electron chi connectivity index (χ2n) is 6.38. The Kier molecular flexibility index (Phi) is 4.36. The Hall–Kier alpha value is -2.11. The second-order valence-corrected chi connectivity index (χ2v) is 7.80. The molecule has 1 aliphatic heterocycles. The molecule has 2 heterocycles. The fourth-order valence-corrected chi connectivity index (χ4v) is 4.21. The summed E-state index contributed by atoms with van der Waals surface area (Å²) >= 11 is 7.81. The van der Waals surface area contributed by atoms with E-state index in [4.69, 9.17) is 11.6 Å². The molecular formula is C19H18ClN3OS. The molecule has 0 unspecified atom stereocenters. The largest absolute Gasteiger partial charge is 0.352 e. The van der Waals surface area contributed by atoms with Crippen molar-refractivity contribution in [3.05, 3.63) is 58.6 Å². The molecule has 1 amide bonds. The lowest BCUT2D eigenvalue weighted by Crippen LogP contribution is -2.53. The Bertz CT molecular complexity index is 933. The highest BCUT2D eigenvalue weighted by Gasteiger charge is 2.34. The van der Waals surface area contributed by atoms with Crippen molar-refractivity contribution in [2.45, 2.75) is 13.5 Å². The van der Waals surface area contributed by atoms with Gasteiger partial charge in [0.15, 0.2) is 5.13 Å². The van der Waals surface area contributed by atoms with Crippen molar-refractivity contribution in [2.75, 3.05) is 18.0 Å². The number of aryl methyl sites for hydroxylation is 1. The van der Waals surface area contributed by atoms with Crippen molar-refractivity contribution in [1.82, 2.24) is 10.3 Å². The van der Waals surface area contributed by atoms with Crippen LogP contribution in [0.3, 0.4) is 0 Å². The summed E-state index contributed by atoms with van der Waals surface area (Å²) in [6.45, 7) is 3.98. The lowest BCUT2D eigenvalue weighted by Gasteiger charge is -2.38. The number of benzene rings is 2. The van der Waals surface area contributed by atoms with E-state index >= 15 is 0 Å². The van der Waals surface area contributed by atoms with Gasteiger partial charge in [0, 0.05) is 24.7 Å². The van der Waals surface area contributed by atoms with Crippen molar-refractivity contribution < 1.29 is 4.79 Å². The van der Waals surface area contributed by atoms with Gasteiger partial charge in [-0.05, 0) is 36.2 Å². The number of nitrogens with one attached hydrogen (secondary N) is 1. The minimum Gasteiger partial charge on any atom is -0.352 e. The number of thiazole rings is 1. The summed E-state index contributed by atoms with van der Waals surface area (Å²) in [5.41, 5.74) is 3.20. The summed E-state index contributed by atoms with van der Waals surface area (Å²) < 4.78 is 1.20. The molecule has 0 saturated carbocycles. The number of halogens is 1. The zero-order chi connectivity index (χ0) is 17.4.